The van der Waals surface area contributed by atoms with E-state index in [4.69, 9.17) is 4.74 Å². The van der Waals surface area contributed by atoms with Crippen LogP contribution in [0.25, 0.3) is 5.52 Å². The van der Waals surface area contributed by atoms with E-state index in [9.17, 15) is 4.79 Å². The molecule has 0 aromatic carbocycles. The Morgan fingerprint density at radius 1 is 1.15 bits per heavy atom. The van der Waals surface area contributed by atoms with Crippen LogP contribution < -0.4 is 4.90 Å². The molecule has 106 valence electrons. The lowest BCUT2D eigenvalue weighted by molar-refractivity contribution is 0.0827. The van der Waals surface area contributed by atoms with Gasteiger partial charge in [0, 0.05) is 38.9 Å². The molecule has 0 atom stereocenters. The highest BCUT2D eigenvalue weighted by Gasteiger charge is 2.16. The minimum absolute atomic E-state index is 0.0218. The molecule has 5 heteroatoms. The minimum Gasteiger partial charge on any atom is -0.378 e. The number of rotatable bonds is 2. The number of pyridine rings is 1. The van der Waals surface area contributed by atoms with E-state index in [-0.39, 0.29) is 5.91 Å². The van der Waals surface area contributed by atoms with Gasteiger partial charge in [0.15, 0.2) is 0 Å². The average molecular weight is 273 g/mol. The largest absolute Gasteiger partial charge is 0.378 e. The number of amides is 1. The van der Waals surface area contributed by atoms with E-state index >= 15 is 0 Å². The number of ether oxygens (including phenoxy) is 1. The molecular formula is C15H19N3O2. The molecule has 3 heterocycles. The molecule has 5 nitrogen and oxygen atoms in total. The third kappa shape index (κ3) is 2.25. The van der Waals surface area contributed by atoms with Gasteiger partial charge in [-0.1, -0.05) is 0 Å². The Morgan fingerprint density at radius 2 is 1.85 bits per heavy atom. The van der Waals surface area contributed by atoms with E-state index in [0.29, 0.717) is 5.56 Å². The fourth-order valence-corrected chi connectivity index (χ4v) is 2.52. The van der Waals surface area contributed by atoms with Crippen molar-refractivity contribution in [1.29, 1.82) is 0 Å². The first-order valence-corrected chi connectivity index (χ1v) is 6.82. The van der Waals surface area contributed by atoms with Crippen LogP contribution in [0.2, 0.25) is 0 Å². The van der Waals surface area contributed by atoms with Gasteiger partial charge in [-0.2, -0.15) is 0 Å². The molecule has 2 aromatic heterocycles. The highest BCUT2D eigenvalue weighted by molar-refractivity contribution is 5.94. The second-order valence-electron chi connectivity index (χ2n) is 5.20. The number of carbonyl (C=O) groups excluding carboxylic acids is 1. The predicted molar refractivity (Wildman–Crippen MR) is 78.4 cm³/mol. The number of hydrogen-bond acceptors (Lipinski definition) is 3. The molecule has 0 saturated carbocycles. The molecule has 1 saturated heterocycles. The van der Waals surface area contributed by atoms with Crippen molar-refractivity contribution in [3.05, 3.63) is 36.0 Å². The van der Waals surface area contributed by atoms with Gasteiger partial charge in [-0.25, -0.2) is 0 Å². The van der Waals surface area contributed by atoms with Crippen molar-refractivity contribution >= 4 is 17.2 Å². The average Bonchev–Trinajstić information content (AvgIpc) is 2.90. The maximum Gasteiger partial charge on any atom is 0.254 e. The topological polar surface area (TPSA) is 37.2 Å². The van der Waals surface area contributed by atoms with Crippen molar-refractivity contribution in [3.63, 3.8) is 0 Å². The van der Waals surface area contributed by atoms with Gasteiger partial charge in [0.05, 0.1) is 18.8 Å². The maximum absolute atomic E-state index is 12.1. The third-order valence-corrected chi connectivity index (χ3v) is 3.62. The molecule has 0 unspecified atom stereocenters. The summed E-state index contributed by atoms with van der Waals surface area (Å²) in [6.07, 6.45) is 1.92. The number of morpholine rings is 1. The Hall–Kier alpha value is -2.01. The number of aromatic nitrogens is 1. The van der Waals surface area contributed by atoms with Gasteiger partial charge in [0.1, 0.15) is 5.82 Å². The van der Waals surface area contributed by atoms with Crippen molar-refractivity contribution in [3.8, 4) is 0 Å². The van der Waals surface area contributed by atoms with Gasteiger partial charge in [0.25, 0.3) is 5.91 Å². The molecule has 1 fully saturated rings. The molecule has 1 aliphatic rings. The lowest BCUT2D eigenvalue weighted by atomic mass is 10.2. The van der Waals surface area contributed by atoms with Gasteiger partial charge >= 0.3 is 0 Å². The molecular weight excluding hydrogens is 254 g/mol. The standard InChI is InChI=1S/C15H19N3O2/c1-16(2)15(19)12-3-4-13-5-6-14(18(13)11-12)17-7-9-20-10-8-17/h3-6,11H,7-10H2,1-2H3. The Kier molecular flexibility index (Phi) is 3.36. The molecule has 3 rings (SSSR count). The van der Waals surface area contributed by atoms with E-state index in [1.807, 2.05) is 18.3 Å². The summed E-state index contributed by atoms with van der Waals surface area (Å²) >= 11 is 0. The second kappa shape index (κ2) is 5.17. The fourth-order valence-electron chi connectivity index (χ4n) is 2.52. The first kappa shape index (κ1) is 13.0. The molecule has 0 radical (unpaired) electrons. The Bertz CT molecular complexity index is 627. The number of fused-ring (bicyclic) bond motifs is 1. The maximum atomic E-state index is 12.1. The van der Waals surface area contributed by atoms with Crippen molar-refractivity contribution in [2.45, 2.75) is 0 Å². The monoisotopic (exact) mass is 273 g/mol. The van der Waals surface area contributed by atoms with Crippen LogP contribution in [0.5, 0.6) is 0 Å². The van der Waals surface area contributed by atoms with Gasteiger partial charge in [0.2, 0.25) is 0 Å². The molecule has 0 bridgehead atoms. The van der Waals surface area contributed by atoms with E-state index in [1.54, 1.807) is 19.0 Å². The zero-order valence-corrected chi connectivity index (χ0v) is 11.9. The van der Waals surface area contributed by atoms with Crippen molar-refractivity contribution < 1.29 is 9.53 Å². The SMILES string of the molecule is CN(C)C(=O)c1ccc2ccc(N3CCOCC3)n2c1. The summed E-state index contributed by atoms with van der Waals surface area (Å²) in [5.74, 6) is 1.14. The number of nitrogens with zero attached hydrogens (tertiary/aromatic N) is 3. The van der Waals surface area contributed by atoms with Crippen LogP contribution in [0.3, 0.4) is 0 Å². The molecule has 1 aliphatic heterocycles. The lowest BCUT2D eigenvalue weighted by Crippen LogP contribution is -2.36. The van der Waals surface area contributed by atoms with Crippen LogP contribution in [-0.4, -0.2) is 55.6 Å². The zero-order chi connectivity index (χ0) is 14.1. The number of hydrogen-bond donors (Lipinski definition) is 0. The Balaban J connectivity index is 2.01. The smallest absolute Gasteiger partial charge is 0.254 e. The number of anilines is 1. The van der Waals surface area contributed by atoms with Gasteiger partial charge in [-0.05, 0) is 24.3 Å². The highest BCUT2D eigenvalue weighted by atomic mass is 16.5. The summed E-state index contributed by atoms with van der Waals surface area (Å²) < 4.78 is 7.48. The Labute approximate surface area is 118 Å². The van der Waals surface area contributed by atoms with Crippen LogP contribution in [0.1, 0.15) is 10.4 Å². The summed E-state index contributed by atoms with van der Waals surface area (Å²) in [6, 6.07) is 8.04. The summed E-state index contributed by atoms with van der Waals surface area (Å²) in [4.78, 5) is 16.0. The molecule has 1 amide bonds. The Morgan fingerprint density at radius 3 is 2.55 bits per heavy atom. The van der Waals surface area contributed by atoms with Crippen molar-refractivity contribution in [1.82, 2.24) is 9.30 Å². The molecule has 20 heavy (non-hydrogen) atoms. The predicted octanol–water partition coefficient (Wildman–Crippen LogP) is 1.48. The normalized spacial score (nSPS) is 15.6. The summed E-state index contributed by atoms with van der Waals surface area (Å²) in [6.45, 7) is 3.28. The van der Waals surface area contributed by atoms with Crippen LogP contribution in [0.4, 0.5) is 5.82 Å². The van der Waals surface area contributed by atoms with Crippen LogP contribution >= 0.6 is 0 Å². The summed E-state index contributed by atoms with van der Waals surface area (Å²) in [7, 11) is 3.54. The van der Waals surface area contributed by atoms with E-state index in [1.165, 1.54) is 0 Å². The molecule has 0 N–H and O–H groups in total. The minimum atomic E-state index is 0.0218. The lowest BCUT2D eigenvalue weighted by Gasteiger charge is -2.28. The zero-order valence-electron chi connectivity index (χ0n) is 11.9. The van der Waals surface area contributed by atoms with Crippen molar-refractivity contribution in [2.24, 2.45) is 0 Å². The van der Waals surface area contributed by atoms with Gasteiger partial charge in [-0.15, -0.1) is 0 Å². The van der Waals surface area contributed by atoms with E-state index < -0.39 is 0 Å². The molecule has 0 aliphatic carbocycles. The quantitative estimate of drug-likeness (QED) is 0.831. The van der Waals surface area contributed by atoms with Crippen molar-refractivity contribution in [2.75, 3.05) is 45.3 Å². The molecule has 2 aromatic rings. The first-order valence-electron chi connectivity index (χ1n) is 6.82. The van der Waals surface area contributed by atoms with Crippen LogP contribution in [0, 0.1) is 0 Å². The van der Waals surface area contributed by atoms with Crippen LogP contribution in [-0.2, 0) is 4.74 Å². The summed E-state index contributed by atoms with van der Waals surface area (Å²) in [5, 5.41) is 0. The molecule has 0 spiro atoms. The highest BCUT2D eigenvalue weighted by Crippen LogP contribution is 2.21. The second-order valence-corrected chi connectivity index (χ2v) is 5.20. The van der Waals surface area contributed by atoms with E-state index in [0.717, 1.165) is 37.6 Å². The fraction of sp³-hybridized carbons (Fsp3) is 0.400. The first-order chi connectivity index (χ1) is 9.66. The van der Waals surface area contributed by atoms with Gasteiger partial charge in [-0.3, -0.25) is 4.79 Å². The van der Waals surface area contributed by atoms with E-state index in [2.05, 4.69) is 21.4 Å². The van der Waals surface area contributed by atoms with Crippen LogP contribution in [0.15, 0.2) is 30.5 Å². The summed E-state index contributed by atoms with van der Waals surface area (Å²) in [5.41, 5.74) is 1.80. The van der Waals surface area contributed by atoms with Gasteiger partial charge < -0.3 is 18.9 Å². The number of carbonyl (C=O) groups is 1. The third-order valence-electron chi connectivity index (χ3n) is 3.62.